The van der Waals surface area contributed by atoms with E-state index in [1.807, 2.05) is 39.8 Å². The molecule has 4 heteroatoms. The molecule has 0 aliphatic carbocycles. The van der Waals surface area contributed by atoms with E-state index >= 15 is 0 Å². The van der Waals surface area contributed by atoms with Crippen LogP contribution < -0.4 is 4.74 Å². The summed E-state index contributed by atoms with van der Waals surface area (Å²) < 4.78 is 5.62. The van der Waals surface area contributed by atoms with Gasteiger partial charge in [-0.05, 0) is 51.0 Å². The van der Waals surface area contributed by atoms with E-state index in [1.165, 1.54) is 6.92 Å². The van der Waals surface area contributed by atoms with Gasteiger partial charge >= 0.3 is 0 Å². The highest BCUT2D eigenvalue weighted by atomic mass is 79.9. The molecule has 1 aromatic carbocycles. The SMILES string of the molecule is CC#N.Cc1cc(OC(C)C)cc(C)c1C(=O)CBr. The number of ketones is 1. The molecular weight excluding hydrogens is 306 g/mol. The zero-order chi connectivity index (χ0) is 15.0. The van der Waals surface area contributed by atoms with Crippen LogP contribution in [0.3, 0.4) is 0 Å². The summed E-state index contributed by atoms with van der Waals surface area (Å²) in [6.07, 6.45) is 0.150. The number of halogens is 1. The predicted molar refractivity (Wildman–Crippen MR) is 81.1 cm³/mol. The van der Waals surface area contributed by atoms with E-state index < -0.39 is 0 Å². The molecule has 19 heavy (non-hydrogen) atoms. The molecule has 0 amide bonds. The molecule has 0 aromatic heterocycles. The number of ether oxygens (including phenoxy) is 1. The van der Waals surface area contributed by atoms with E-state index in [0.29, 0.717) is 5.33 Å². The van der Waals surface area contributed by atoms with E-state index in [0.717, 1.165) is 22.4 Å². The van der Waals surface area contributed by atoms with Crippen molar-refractivity contribution in [3.63, 3.8) is 0 Å². The number of nitriles is 1. The summed E-state index contributed by atoms with van der Waals surface area (Å²) in [4.78, 5) is 11.7. The average molecular weight is 326 g/mol. The third-order valence-corrected chi connectivity index (χ3v) is 2.79. The van der Waals surface area contributed by atoms with Crippen LogP contribution in [0.2, 0.25) is 0 Å². The number of hydrogen-bond donors (Lipinski definition) is 0. The molecule has 104 valence electrons. The van der Waals surface area contributed by atoms with Crippen molar-refractivity contribution in [1.29, 1.82) is 5.26 Å². The maximum Gasteiger partial charge on any atom is 0.173 e. The molecular formula is C15H20BrNO2. The molecule has 0 unspecified atom stereocenters. The molecule has 0 fully saturated rings. The average Bonchev–Trinajstić information content (AvgIpc) is 2.27. The molecule has 0 saturated carbocycles. The maximum atomic E-state index is 11.7. The van der Waals surface area contributed by atoms with Crippen LogP contribution in [0.4, 0.5) is 0 Å². The van der Waals surface area contributed by atoms with Crippen molar-refractivity contribution in [3.05, 3.63) is 28.8 Å². The number of rotatable bonds is 4. The quantitative estimate of drug-likeness (QED) is 0.615. The summed E-state index contributed by atoms with van der Waals surface area (Å²) in [5.41, 5.74) is 2.74. The fourth-order valence-electron chi connectivity index (χ4n) is 1.77. The highest BCUT2D eigenvalue weighted by Gasteiger charge is 2.12. The number of benzene rings is 1. The molecule has 1 aromatic rings. The van der Waals surface area contributed by atoms with Crippen molar-refractivity contribution in [2.45, 2.75) is 40.7 Å². The number of Topliss-reactive ketones (excluding diaryl/α,β-unsaturated/α-hetero) is 1. The first-order valence-corrected chi connectivity index (χ1v) is 7.17. The summed E-state index contributed by atoms with van der Waals surface area (Å²) in [6, 6.07) is 5.59. The number of nitrogens with zero attached hydrogens (tertiary/aromatic N) is 1. The third kappa shape index (κ3) is 5.89. The summed E-state index contributed by atoms with van der Waals surface area (Å²) in [5.74, 6) is 0.946. The van der Waals surface area contributed by atoms with Gasteiger partial charge in [0.25, 0.3) is 0 Å². The molecule has 0 saturated heterocycles. The normalized spacial score (nSPS) is 9.37. The first kappa shape index (κ1) is 17.7. The van der Waals surface area contributed by atoms with Gasteiger partial charge in [0, 0.05) is 12.5 Å². The zero-order valence-electron chi connectivity index (χ0n) is 12.1. The first-order chi connectivity index (χ1) is 8.87. The van der Waals surface area contributed by atoms with Crippen LogP contribution in [0, 0.1) is 25.2 Å². The minimum Gasteiger partial charge on any atom is -0.491 e. The lowest BCUT2D eigenvalue weighted by molar-refractivity contribution is 0.102. The Bertz CT molecular complexity index is 453. The van der Waals surface area contributed by atoms with Gasteiger partial charge < -0.3 is 4.74 Å². The fraction of sp³-hybridized carbons (Fsp3) is 0.467. The topological polar surface area (TPSA) is 50.1 Å². The van der Waals surface area contributed by atoms with Crippen LogP contribution in [0.5, 0.6) is 5.75 Å². The van der Waals surface area contributed by atoms with Gasteiger partial charge in [-0.25, -0.2) is 0 Å². The van der Waals surface area contributed by atoms with Crippen molar-refractivity contribution in [1.82, 2.24) is 0 Å². The number of carbonyl (C=O) groups is 1. The van der Waals surface area contributed by atoms with Gasteiger partial charge in [-0.15, -0.1) is 0 Å². The van der Waals surface area contributed by atoms with E-state index in [2.05, 4.69) is 15.9 Å². The van der Waals surface area contributed by atoms with Gasteiger partial charge in [0.15, 0.2) is 5.78 Å². The summed E-state index contributed by atoms with van der Waals surface area (Å²) in [6.45, 7) is 9.29. The molecule has 0 atom stereocenters. The Morgan fingerprint density at radius 2 is 1.79 bits per heavy atom. The second kappa shape index (κ2) is 8.71. The molecule has 0 spiro atoms. The molecule has 0 N–H and O–H groups in total. The molecule has 0 radical (unpaired) electrons. The van der Waals surface area contributed by atoms with Gasteiger partial charge in [-0.2, -0.15) is 5.26 Å². The minimum absolute atomic E-state index is 0.117. The van der Waals surface area contributed by atoms with Crippen LogP contribution in [-0.4, -0.2) is 17.2 Å². The molecule has 0 aliphatic rings. The van der Waals surface area contributed by atoms with Crippen LogP contribution >= 0.6 is 15.9 Å². The third-order valence-electron chi connectivity index (χ3n) is 2.28. The Morgan fingerprint density at radius 1 is 1.37 bits per heavy atom. The Kier molecular flexibility index (Phi) is 8.09. The summed E-state index contributed by atoms with van der Waals surface area (Å²) in [5, 5.41) is 7.68. The molecule has 1 rings (SSSR count). The van der Waals surface area contributed by atoms with Gasteiger partial charge in [0.05, 0.1) is 17.5 Å². The molecule has 0 bridgehead atoms. The van der Waals surface area contributed by atoms with Gasteiger partial charge in [0.1, 0.15) is 5.75 Å². The number of alkyl halides is 1. The second-order valence-electron chi connectivity index (χ2n) is 4.38. The summed E-state index contributed by atoms with van der Waals surface area (Å²) >= 11 is 3.20. The monoisotopic (exact) mass is 325 g/mol. The highest BCUT2D eigenvalue weighted by Crippen LogP contribution is 2.23. The lowest BCUT2D eigenvalue weighted by Crippen LogP contribution is -2.09. The Labute approximate surface area is 123 Å². The zero-order valence-corrected chi connectivity index (χ0v) is 13.7. The van der Waals surface area contributed by atoms with E-state index in [9.17, 15) is 4.79 Å². The van der Waals surface area contributed by atoms with Crippen LogP contribution in [-0.2, 0) is 0 Å². The maximum absolute atomic E-state index is 11.7. The first-order valence-electron chi connectivity index (χ1n) is 6.05. The van der Waals surface area contributed by atoms with Crippen molar-refractivity contribution < 1.29 is 9.53 Å². The lowest BCUT2D eigenvalue weighted by atomic mass is 9.99. The smallest absolute Gasteiger partial charge is 0.173 e. The fourth-order valence-corrected chi connectivity index (χ4v) is 2.05. The Hall–Kier alpha value is -1.34. The lowest BCUT2D eigenvalue weighted by Gasteiger charge is -2.14. The predicted octanol–water partition coefficient (Wildman–Crippen LogP) is 4.20. The van der Waals surface area contributed by atoms with E-state index in [1.54, 1.807) is 6.07 Å². The van der Waals surface area contributed by atoms with Gasteiger partial charge in [0.2, 0.25) is 0 Å². The largest absolute Gasteiger partial charge is 0.491 e. The molecule has 3 nitrogen and oxygen atoms in total. The van der Waals surface area contributed by atoms with Gasteiger partial charge in [-0.3, -0.25) is 4.79 Å². The van der Waals surface area contributed by atoms with Crippen LogP contribution in [0.15, 0.2) is 12.1 Å². The highest BCUT2D eigenvalue weighted by molar-refractivity contribution is 9.09. The number of aryl methyl sites for hydroxylation is 2. The number of hydrogen-bond acceptors (Lipinski definition) is 3. The van der Waals surface area contributed by atoms with Crippen molar-refractivity contribution in [3.8, 4) is 11.8 Å². The van der Waals surface area contributed by atoms with E-state index in [-0.39, 0.29) is 11.9 Å². The second-order valence-corrected chi connectivity index (χ2v) is 4.94. The Morgan fingerprint density at radius 3 is 2.11 bits per heavy atom. The van der Waals surface area contributed by atoms with Crippen molar-refractivity contribution in [2.75, 3.05) is 5.33 Å². The summed E-state index contributed by atoms with van der Waals surface area (Å²) in [7, 11) is 0. The molecule has 0 aliphatic heterocycles. The van der Waals surface area contributed by atoms with Crippen LogP contribution in [0.1, 0.15) is 42.3 Å². The molecule has 0 heterocycles. The Balaban J connectivity index is 0.000000982. The number of carbonyl (C=O) groups excluding carboxylic acids is 1. The van der Waals surface area contributed by atoms with Gasteiger partial charge in [-0.1, -0.05) is 15.9 Å². The standard InChI is InChI=1S/C13H17BrO2.C2H3N/c1-8(2)16-11-5-9(3)13(10(4)6-11)12(15)7-14;1-2-3/h5-6,8H,7H2,1-4H3;1H3. The van der Waals surface area contributed by atoms with Crippen molar-refractivity contribution in [2.24, 2.45) is 0 Å². The minimum atomic E-state index is 0.117. The van der Waals surface area contributed by atoms with Crippen molar-refractivity contribution >= 4 is 21.7 Å². The van der Waals surface area contributed by atoms with E-state index in [4.69, 9.17) is 10.00 Å². The van der Waals surface area contributed by atoms with Crippen LogP contribution in [0.25, 0.3) is 0 Å².